The van der Waals surface area contributed by atoms with E-state index in [0.717, 1.165) is 25.3 Å². The molecule has 0 amide bonds. The molecule has 1 aromatic carbocycles. The molecule has 1 aromatic rings. The molecule has 0 saturated heterocycles. The second kappa shape index (κ2) is 6.76. The molecule has 0 aliphatic rings. The van der Waals surface area contributed by atoms with Gasteiger partial charge in [-0.15, -0.1) is 0 Å². The van der Waals surface area contributed by atoms with E-state index in [4.69, 9.17) is 9.84 Å². The summed E-state index contributed by atoms with van der Waals surface area (Å²) in [6.07, 6.45) is 0.808. The van der Waals surface area contributed by atoms with Crippen molar-refractivity contribution in [3.8, 4) is 5.75 Å². The fraction of sp³-hybridized carbons (Fsp3) is 0.600. The first-order valence-electron chi connectivity index (χ1n) is 6.44. The molecule has 0 atom stereocenters. The van der Waals surface area contributed by atoms with Gasteiger partial charge < -0.3 is 14.7 Å². The third-order valence-corrected chi connectivity index (χ3v) is 3.45. The first-order valence-corrected chi connectivity index (χ1v) is 6.44. The molecular weight excluding hydrogens is 226 g/mol. The van der Waals surface area contributed by atoms with Crippen LogP contribution in [0.4, 0.5) is 0 Å². The summed E-state index contributed by atoms with van der Waals surface area (Å²) >= 11 is 0. The van der Waals surface area contributed by atoms with E-state index in [1.54, 1.807) is 7.11 Å². The van der Waals surface area contributed by atoms with Crippen LogP contribution in [-0.2, 0) is 6.54 Å². The number of nitrogens with zero attached hydrogens (tertiary/aromatic N) is 1. The van der Waals surface area contributed by atoms with E-state index >= 15 is 0 Å². The van der Waals surface area contributed by atoms with Gasteiger partial charge in [0.2, 0.25) is 0 Å². The summed E-state index contributed by atoms with van der Waals surface area (Å²) in [5.74, 6) is 1.00. The van der Waals surface area contributed by atoms with Gasteiger partial charge >= 0.3 is 0 Å². The SMILES string of the molecule is COc1c(C)c(C)cc(C)c1CN(C)CCCO. The number of rotatable bonds is 6. The largest absolute Gasteiger partial charge is 0.496 e. The lowest BCUT2D eigenvalue weighted by atomic mass is 9.98. The summed E-state index contributed by atoms with van der Waals surface area (Å²) in [6, 6.07) is 2.22. The van der Waals surface area contributed by atoms with Crippen molar-refractivity contribution in [3.05, 3.63) is 28.3 Å². The minimum absolute atomic E-state index is 0.243. The topological polar surface area (TPSA) is 32.7 Å². The highest BCUT2D eigenvalue weighted by molar-refractivity contribution is 5.49. The predicted molar refractivity (Wildman–Crippen MR) is 75.2 cm³/mol. The zero-order valence-corrected chi connectivity index (χ0v) is 12.2. The Labute approximate surface area is 110 Å². The van der Waals surface area contributed by atoms with Crippen molar-refractivity contribution in [2.45, 2.75) is 33.7 Å². The first-order chi connectivity index (χ1) is 8.51. The van der Waals surface area contributed by atoms with Crippen molar-refractivity contribution in [1.82, 2.24) is 4.90 Å². The van der Waals surface area contributed by atoms with Crippen LogP contribution < -0.4 is 4.74 Å². The maximum absolute atomic E-state index is 8.87. The Hall–Kier alpha value is -1.06. The second-order valence-electron chi connectivity index (χ2n) is 4.96. The van der Waals surface area contributed by atoms with Gasteiger partial charge in [-0.3, -0.25) is 0 Å². The van der Waals surface area contributed by atoms with Gasteiger partial charge in [-0.1, -0.05) is 6.07 Å². The molecule has 0 aliphatic carbocycles. The maximum atomic E-state index is 8.87. The van der Waals surface area contributed by atoms with Crippen molar-refractivity contribution >= 4 is 0 Å². The van der Waals surface area contributed by atoms with Gasteiger partial charge in [0, 0.05) is 25.3 Å². The number of methoxy groups -OCH3 is 1. The fourth-order valence-corrected chi connectivity index (χ4v) is 2.27. The van der Waals surface area contributed by atoms with Gasteiger partial charge in [-0.05, 0) is 50.9 Å². The molecule has 0 unspecified atom stereocenters. The van der Waals surface area contributed by atoms with Crippen molar-refractivity contribution in [1.29, 1.82) is 0 Å². The maximum Gasteiger partial charge on any atom is 0.126 e. The normalized spacial score (nSPS) is 11.1. The van der Waals surface area contributed by atoms with E-state index in [2.05, 4.69) is 38.8 Å². The number of aliphatic hydroxyl groups excluding tert-OH is 1. The van der Waals surface area contributed by atoms with Gasteiger partial charge in [0.15, 0.2) is 0 Å². The van der Waals surface area contributed by atoms with Crippen LogP contribution in [0.15, 0.2) is 6.07 Å². The Morgan fingerprint density at radius 1 is 1.22 bits per heavy atom. The Morgan fingerprint density at radius 3 is 2.44 bits per heavy atom. The van der Waals surface area contributed by atoms with Gasteiger partial charge in [0.05, 0.1) is 7.11 Å². The molecule has 1 rings (SSSR count). The van der Waals surface area contributed by atoms with Gasteiger partial charge in [-0.2, -0.15) is 0 Å². The molecule has 0 radical (unpaired) electrons. The summed E-state index contributed by atoms with van der Waals surface area (Å²) in [7, 11) is 3.81. The summed E-state index contributed by atoms with van der Waals surface area (Å²) in [5, 5.41) is 8.87. The van der Waals surface area contributed by atoms with Crippen LogP contribution in [-0.4, -0.2) is 37.3 Å². The summed E-state index contributed by atoms with van der Waals surface area (Å²) in [4.78, 5) is 2.22. The van der Waals surface area contributed by atoms with Crippen molar-refractivity contribution < 1.29 is 9.84 Å². The molecule has 0 spiro atoms. The van der Waals surface area contributed by atoms with Crippen LogP contribution >= 0.6 is 0 Å². The molecule has 1 N–H and O–H groups in total. The summed E-state index contributed by atoms with van der Waals surface area (Å²) in [6.45, 7) is 8.34. The lowest BCUT2D eigenvalue weighted by Gasteiger charge is -2.22. The average molecular weight is 251 g/mol. The van der Waals surface area contributed by atoms with E-state index in [1.807, 2.05) is 0 Å². The van der Waals surface area contributed by atoms with E-state index in [-0.39, 0.29) is 6.61 Å². The van der Waals surface area contributed by atoms with Crippen molar-refractivity contribution in [2.75, 3.05) is 27.3 Å². The van der Waals surface area contributed by atoms with E-state index in [0.29, 0.717) is 0 Å². The molecule has 18 heavy (non-hydrogen) atoms. The lowest BCUT2D eigenvalue weighted by molar-refractivity contribution is 0.242. The molecule has 0 fully saturated rings. The number of aliphatic hydroxyl groups is 1. The van der Waals surface area contributed by atoms with Gasteiger partial charge in [0.25, 0.3) is 0 Å². The highest BCUT2D eigenvalue weighted by Gasteiger charge is 2.13. The average Bonchev–Trinajstić information content (AvgIpc) is 2.34. The Kier molecular flexibility index (Phi) is 5.63. The Bertz CT molecular complexity index is 402. The summed E-state index contributed by atoms with van der Waals surface area (Å²) in [5.41, 5.74) is 5.01. The van der Waals surface area contributed by atoms with E-state index < -0.39 is 0 Å². The monoisotopic (exact) mass is 251 g/mol. The molecule has 0 saturated carbocycles. The predicted octanol–water partition coefficient (Wildman–Crippen LogP) is 2.43. The van der Waals surface area contributed by atoms with Crippen LogP contribution in [0.3, 0.4) is 0 Å². The zero-order chi connectivity index (χ0) is 13.7. The number of hydrogen-bond donors (Lipinski definition) is 1. The van der Waals surface area contributed by atoms with Crippen LogP contribution in [0.5, 0.6) is 5.75 Å². The van der Waals surface area contributed by atoms with E-state index in [1.165, 1.54) is 22.3 Å². The fourth-order valence-electron chi connectivity index (χ4n) is 2.27. The van der Waals surface area contributed by atoms with Crippen LogP contribution in [0.1, 0.15) is 28.7 Å². The summed E-state index contributed by atoms with van der Waals surface area (Å²) < 4.78 is 5.57. The Morgan fingerprint density at radius 2 is 1.89 bits per heavy atom. The standard InChI is InChI=1S/C15H25NO2/c1-11-9-12(2)14(15(18-5)13(11)3)10-16(4)7-6-8-17/h9,17H,6-8,10H2,1-5H3. The third kappa shape index (κ3) is 3.47. The second-order valence-corrected chi connectivity index (χ2v) is 4.96. The molecule has 0 bridgehead atoms. The molecule has 0 aliphatic heterocycles. The Balaban J connectivity index is 2.97. The molecule has 3 nitrogen and oxygen atoms in total. The van der Waals surface area contributed by atoms with Crippen LogP contribution in [0.2, 0.25) is 0 Å². The first kappa shape index (κ1) is 15.0. The highest BCUT2D eigenvalue weighted by Crippen LogP contribution is 2.30. The van der Waals surface area contributed by atoms with Crippen molar-refractivity contribution in [2.24, 2.45) is 0 Å². The molecule has 3 heteroatoms. The number of hydrogen-bond acceptors (Lipinski definition) is 3. The molecule has 0 heterocycles. The number of benzene rings is 1. The van der Waals surface area contributed by atoms with Crippen molar-refractivity contribution in [3.63, 3.8) is 0 Å². The third-order valence-electron chi connectivity index (χ3n) is 3.45. The lowest BCUT2D eigenvalue weighted by Crippen LogP contribution is -2.21. The van der Waals surface area contributed by atoms with E-state index in [9.17, 15) is 0 Å². The number of ether oxygens (including phenoxy) is 1. The van der Waals surface area contributed by atoms with Gasteiger partial charge in [-0.25, -0.2) is 0 Å². The quantitative estimate of drug-likeness (QED) is 0.843. The molecule has 0 aromatic heterocycles. The molecule has 102 valence electrons. The minimum Gasteiger partial charge on any atom is -0.496 e. The highest BCUT2D eigenvalue weighted by atomic mass is 16.5. The van der Waals surface area contributed by atoms with Crippen LogP contribution in [0, 0.1) is 20.8 Å². The van der Waals surface area contributed by atoms with Crippen LogP contribution in [0.25, 0.3) is 0 Å². The number of aryl methyl sites for hydroxylation is 2. The smallest absolute Gasteiger partial charge is 0.126 e. The minimum atomic E-state index is 0.243. The zero-order valence-electron chi connectivity index (χ0n) is 12.2. The molecular formula is C15H25NO2. The van der Waals surface area contributed by atoms with Gasteiger partial charge in [0.1, 0.15) is 5.75 Å².